The third kappa shape index (κ3) is 6.03. The number of benzene rings is 2. The topological polar surface area (TPSA) is 137 Å². The third-order valence-corrected chi connectivity index (χ3v) is 5.21. The van der Waals surface area contributed by atoms with Gasteiger partial charge < -0.3 is 9.15 Å². The zero-order chi connectivity index (χ0) is 22.9. The van der Waals surface area contributed by atoms with E-state index in [1.165, 1.54) is 30.6 Å². The molecular weight excluding hydrogens is 478 g/mol. The summed E-state index contributed by atoms with van der Waals surface area (Å²) in [6.45, 7) is 1.72. The molecule has 0 aliphatic carbocycles. The molecule has 0 unspecified atom stereocenters. The van der Waals surface area contributed by atoms with E-state index in [4.69, 9.17) is 14.3 Å². The van der Waals surface area contributed by atoms with E-state index >= 15 is 0 Å². The van der Waals surface area contributed by atoms with E-state index in [1.54, 1.807) is 31.2 Å². The van der Waals surface area contributed by atoms with Crippen LogP contribution in [0.15, 0.2) is 64.1 Å². The second kappa shape index (κ2) is 10.4. The van der Waals surface area contributed by atoms with Crippen LogP contribution in [0.5, 0.6) is 11.8 Å². The van der Waals surface area contributed by atoms with Gasteiger partial charge in [-0.1, -0.05) is 12.1 Å². The van der Waals surface area contributed by atoms with E-state index in [2.05, 4.69) is 9.97 Å². The van der Waals surface area contributed by atoms with Crippen molar-refractivity contribution in [3.05, 3.63) is 87.8 Å². The summed E-state index contributed by atoms with van der Waals surface area (Å²) in [7, 11) is -4.15. The van der Waals surface area contributed by atoms with Crippen molar-refractivity contribution < 1.29 is 22.0 Å². The Morgan fingerprint density at radius 3 is 2.58 bits per heavy atom. The molecule has 2 aromatic heterocycles. The minimum Gasteiger partial charge on any atom is -0.424 e. The van der Waals surface area contributed by atoms with Gasteiger partial charge in [-0.3, -0.25) is 4.72 Å². The zero-order valence-electron chi connectivity index (χ0n) is 17.7. The number of aromatic nitrogens is 2. The van der Waals surface area contributed by atoms with Gasteiger partial charge in [0.25, 0.3) is 10.2 Å². The maximum absolute atomic E-state index is 14.8. The van der Waals surface area contributed by atoms with Crippen molar-refractivity contribution in [1.29, 1.82) is 0 Å². The van der Waals surface area contributed by atoms with E-state index in [1.807, 2.05) is 4.72 Å². The number of nitrogens with zero attached hydrogens (tertiary/aromatic N) is 2. The fourth-order valence-corrected chi connectivity index (χ4v) is 3.69. The monoisotopic (exact) mass is 495 g/mol. The molecule has 2 aromatic carbocycles. The summed E-state index contributed by atoms with van der Waals surface area (Å²) in [5, 5.41) is 5.56. The van der Waals surface area contributed by atoms with Gasteiger partial charge in [0, 0.05) is 87.2 Å². The Morgan fingerprint density at radius 2 is 1.88 bits per heavy atom. The van der Waals surface area contributed by atoms with Gasteiger partial charge in [0.05, 0.1) is 5.69 Å². The second-order valence-corrected chi connectivity index (χ2v) is 8.18. The molecule has 0 saturated heterocycles. The van der Waals surface area contributed by atoms with Crippen LogP contribution in [0.4, 0.5) is 10.1 Å². The van der Waals surface area contributed by atoms with Crippen LogP contribution in [0.3, 0.4) is 0 Å². The molecule has 0 aliphatic rings. The molecule has 0 aliphatic heterocycles. The molecule has 0 saturated carbocycles. The van der Waals surface area contributed by atoms with Crippen LogP contribution in [0, 0.1) is 12.7 Å². The largest absolute Gasteiger partial charge is 0.424 e. The Morgan fingerprint density at radius 1 is 1.15 bits per heavy atom. The van der Waals surface area contributed by atoms with Gasteiger partial charge in [-0.15, -0.1) is 0 Å². The number of hydrogen-bond acceptors (Lipinski definition) is 7. The van der Waals surface area contributed by atoms with Gasteiger partial charge >= 0.3 is 11.6 Å². The van der Waals surface area contributed by atoms with Crippen LogP contribution in [-0.4, -0.2) is 69.8 Å². The molecule has 1 radical (unpaired) electrons. The van der Waals surface area contributed by atoms with Crippen LogP contribution >= 0.6 is 0 Å². The molecule has 165 valence electrons. The van der Waals surface area contributed by atoms with Gasteiger partial charge in [0.15, 0.2) is 5.82 Å². The van der Waals surface area contributed by atoms with Gasteiger partial charge in [0.1, 0.15) is 11.3 Å². The molecule has 12 heteroatoms. The van der Waals surface area contributed by atoms with Crippen molar-refractivity contribution in [2.45, 2.75) is 13.3 Å². The van der Waals surface area contributed by atoms with Crippen LogP contribution < -0.4 is 20.2 Å². The van der Waals surface area contributed by atoms with Crippen LogP contribution in [0.2, 0.25) is 0 Å². The number of rotatable bonds is 6. The molecule has 4 aromatic rings. The SMILES string of the molecule is Cc1c(Cc2cccc(NS(N)(=O)=O)c2F)c(=O)oc2cc(Oc3ncccn3)ccc12.[K]. The average Bonchev–Trinajstić information content (AvgIpc) is 2.73. The minimum absolute atomic E-state index is 0. The second-order valence-electron chi connectivity index (χ2n) is 6.89. The van der Waals surface area contributed by atoms with Crippen molar-refractivity contribution >= 4 is 78.3 Å². The summed E-state index contributed by atoms with van der Waals surface area (Å²) in [5.41, 5.74) is 0.279. The molecule has 2 heterocycles. The number of anilines is 1. The first kappa shape index (κ1) is 25.4. The number of fused-ring (bicyclic) bond motifs is 1. The smallest absolute Gasteiger partial charge is 0.340 e. The first-order valence-corrected chi connectivity index (χ1v) is 10.8. The molecule has 0 spiro atoms. The van der Waals surface area contributed by atoms with Crippen molar-refractivity contribution in [2.75, 3.05) is 4.72 Å². The first-order chi connectivity index (χ1) is 15.2. The first-order valence-electron chi connectivity index (χ1n) is 9.30. The molecule has 3 N–H and O–H groups in total. The summed E-state index contributed by atoms with van der Waals surface area (Å²) >= 11 is 0. The summed E-state index contributed by atoms with van der Waals surface area (Å²) in [6, 6.07) is 10.9. The molecule has 0 amide bonds. The fraction of sp³-hybridized carbons (Fsp3) is 0.0952. The summed E-state index contributed by atoms with van der Waals surface area (Å²) in [4.78, 5) is 20.6. The molecule has 0 atom stereocenters. The molecule has 0 fully saturated rings. The van der Waals surface area contributed by atoms with Crippen LogP contribution in [0.25, 0.3) is 11.0 Å². The van der Waals surface area contributed by atoms with E-state index in [0.717, 1.165) is 0 Å². The predicted octanol–water partition coefficient (Wildman–Crippen LogP) is 2.65. The third-order valence-electron chi connectivity index (χ3n) is 4.71. The number of nitrogens with two attached hydrogens (primary N) is 1. The standard InChI is InChI=1S/C21H17FN4O5S.K/c1-12-15-7-6-14(30-21-24-8-3-9-25-21)11-18(15)31-20(27)16(12)10-13-4-2-5-17(19(13)22)26-32(23,28)29;/h2-9,11,26H,10H2,1H3,(H2,23,28,29);. The Balaban J connectivity index is 0.00000306. The maximum atomic E-state index is 14.8. The van der Waals surface area contributed by atoms with Gasteiger partial charge in [-0.05, 0) is 42.3 Å². The Labute approximate surface area is 230 Å². The van der Waals surface area contributed by atoms with Crippen molar-refractivity contribution in [2.24, 2.45) is 5.14 Å². The maximum Gasteiger partial charge on any atom is 0.340 e. The van der Waals surface area contributed by atoms with Gasteiger partial charge in [-0.25, -0.2) is 24.3 Å². The minimum atomic E-state index is -4.15. The Bertz CT molecular complexity index is 1480. The van der Waals surface area contributed by atoms with E-state index in [9.17, 15) is 17.6 Å². The predicted molar refractivity (Wildman–Crippen MR) is 121 cm³/mol. The number of halogens is 1. The molecule has 4 rings (SSSR count). The van der Waals surface area contributed by atoms with Crippen LogP contribution in [-0.2, 0) is 16.6 Å². The Kier molecular flexibility index (Phi) is 8.00. The summed E-state index contributed by atoms with van der Waals surface area (Å²) in [6.07, 6.45) is 2.96. The van der Waals surface area contributed by atoms with E-state index in [0.29, 0.717) is 16.7 Å². The zero-order valence-corrected chi connectivity index (χ0v) is 21.6. The van der Waals surface area contributed by atoms with Crippen molar-refractivity contribution in [3.63, 3.8) is 0 Å². The normalized spacial score (nSPS) is 11.1. The van der Waals surface area contributed by atoms with Crippen molar-refractivity contribution in [1.82, 2.24) is 9.97 Å². The molecule has 33 heavy (non-hydrogen) atoms. The van der Waals surface area contributed by atoms with Gasteiger partial charge in [-0.2, -0.15) is 8.42 Å². The molecule has 9 nitrogen and oxygen atoms in total. The fourth-order valence-electron chi connectivity index (χ4n) is 3.22. The number of aryl methyl sites for hydroxylation is 1. The number of ether oxygens (including phenoxy) is 1. The van der Waals surface area contributed by atoms with E-state index < -0.39 is 21.7 Å². The Hall–Kier alpha value is -2.19. The van der Waals surface area contributed by atoms with E-state index in [-0.39, 0.29) is 86.2 Å². The summed E-state index contributed by atoms with van der Waals surface area (Å²) < 4.78 is 50.2. The van der Waals surface area contributed by atoms with Crippen molar-refractivity contribution in [3.8, 4) is 11.8 Å². The quantitative estimate of drug-likeness (QED) is 0.310. The molecular formula is C21H17FKN4O5S. The number of nitrogens with one attached hydrogen (secondary N) is 1. The number of hydrogen-bond donors (Lipinski definition) is 2. The molecule has 0 bridgehead atoms. The van der Waals surface area contributed by atoms with Crippen LogP contribution in [0.1, 0.15) is 16.7 Å². The van der Waals surface area contributed by atoms with Gasteiger partial charge in [0.2, 0.25) is 0 Å². The summed E-state index contributed by atoms with van der Waals surface area (Å²) in [5.74, 6) is -0.446. The average molecular weight is 496 g/mol.